The molecule has 2 rings (SSSR count). The lowest BCUT2D eigenvalue weighted by molar-refractivity contribution is 0.0600. The second kappa shape index (κ2) is 6.72. The molecule has 0 aliphatic rings. The van der Waals surface area contributed by atoms with Crippen molar-refractivity contribution in [3.63, 3.8) is 0 Å². The number of hydrogen-bond acceptors (Lipinski definition) is 4. The number of halogens is 1. The van der Waals surface area contributed by atoms with E-state index >= 15 is 0 Å². The molecular formula is C16H17BrN2O2. The fraction of sp³-hybridized carbons (Fsp3) is 0.250. The molecule has 0 radical (unpaired) electrons. The van der Waals surface area contributed by atoms with E-state index in [-0.39, 0.29) is 5.97 Å². The van der Waals surface area contributed by atoms with Gasteiger partial charge in [0.15, 0.2) is 0 Å². The highest BCUT2D eigenvalue weighted by molar-refractivity contribution is 9.10. The molecule has 0 atom stereocenters. The molecule has 5 heteroatoms. The summed E-state index contributed by atoms with van der Waals surface area (Å²) in [6.07, 6.45) is 3.56. The third-order valence-electron chi connectivity index (χ3n) is 3.31. The summed E-state index contributed by atoms with van der Waals surface area (Å²) in [6.45, 7) is 2.72. The number of anilines is 1. The monoisotopic (exact) mass is 348 g/mol. The van der Waals surface area contributed by atoms with Crippen molar-refractivity contribution in [3.05, 3.63) is 57.8 Å². The number of esters is 1. The predicted molar refractivity (Wildman–Crippen MR) is 86.6 cm³/mol. The van der Waals surface area contributed by atoms with Crippen molar-refractivity contribution in [3.8, 4) is 0 Å². The van der Waals surface area contributed by atoms with Gasteiger partial charge in [-0.25, -0.2) is 4.79 Å². The Morgan fingerprint density at radius 1 is 1.33 bits per heavy atom. The van der Waals surface area contributed by atoms with E-state index in [0.29, 0.717) is 12.1 Å². The molecule has 1 heterocycles. The highest BCUT2D eigenvalue weighted by Gasteiger charge is 2.10. The topological polar surface area (TPSA) is 42.4 Å². The van der Waals surface area contributed by atoms with Crippen molar-refractivity contribution < 1.29 is 9.53 Å². The Morgan fingerprint density at radius 3 is 2.76 bits per heavy atom. The van der Waals surface area contributed by atoms with Gasteiger partial charge in [-0.3, -0.25) is 4.98 Å². The first kappa shape index (κ1) is 15.5. The van der Waals surface area contributed by atoms with Crippen LogP contribution in [0, 0.1) is 6.92 Å². The fourth-order valence-electron chi connectivity index (χ4n) is 2.04. The van der Waals surface area contributed by atoms with Gasteiger partial charge < -0.3 is 9.64 Å². The van der Waals surface area contributed by atoms with Crippen molar-refractivity contribution in [1.29, 1.82) is 0 Å². The summed E-state index contributed by atoms with van der Waals surface area (Å²) in [7, 11) is 3.38. The zero-order valence-electron chi connectivity index (χ0n) is 12.3. The number of rotatable bonds is 4. The lowest BCUT2D eigenvalue weighted by atomic mass is 10.0. The minimum absolute atomic E-state index is 0.317. The molecule has 0 fully saturated rings. The predicted octanol–water partition coefficient (Wildman–Crippen LogP) is 3.58. The highest BCUT2D eigenvalue weighted by Crippen LogP contribution is 2.21. The van der Waals surface area contributed by atoms with Crippen LogP contribution in [0.5, 0.6) is 0 Å². The van der Waals surface area contributed by atoms with Gasteiger partial charge in [0, 0.05) is 24.3 Å². The standard InChI is InChI=1S/C16H17BrN2O2/c1-11-4-5-12(16(20)21-3)6-13(11)10-19(2)15-7-14(17)8-18-9-15/h4-9H,10H2,1-3H3. The van der Waals surface area contributed by atoms with Gasteiger partial charge in [-0.05, 0) is 52.2 Å². The molecule has 0 saturated heterocycles. The summed E-state index contributed by atoms with van der Waals surface area (Å²) in [6, 6.07) is 7.61. The van der Waals surface area contributed by atoms with Crippen LogP contribution in [-0.4, -0.2) is 25.1 Å². The number of aromatic nitrogens is 1. The summed E-state index contributed by atoms with van der Waals surface area (Å²) in [5, 5.41) is 0. The second-order valence-corrected chi connectivity index (χ2v) is 5.77. The molecule has 0 bridgehead atoms. The zero-order chi connectivity index (χ0) is 15.4. The SMILES string of the molecule is COC(=O)c1ccc(C)c(CN(C)c2cncc(Br)c2)c1. The van der Waals surface area contributed by atoms with Crippen LogP contribution in [0.15, 0.2) is 41.1 Å². The molecule has 4 nitrogen and oxygen atoms in total. The number of aryl methyl sites for hydroxylation is 1. The first-order valence-electron chi connectivity index (χ1n) is 6.51. The van der Waals surface area contributed by atoms with Crippen molar-refractivity contribution in [2.75, 3.05) is 19.1 Å². The Bertz CT molecular complexity index is 658. The number of carbonyl (C=O) groups is 1. The Morgan fingerprint density at radius 2 is 2.10 bits per heavy atom. The van der Waals surface area contributed by atoms with E-state index in [4.69, 9.17) is 4.74 Å². The number of pyridine rings is 1. The number of benzene rings is 1. The maximum Gasteiger partial charge on any atom is 0.337 e. The van der Waals surface area contributed by atoms with Gasteiger partial charge in [-0.2, -0.15) is 0 Å². The van der Waals surface area contributed by atoms with E-state index in [9.17, 15) is 4.79 Å². The number of methoxy groups -OCH3 is 1. The van der Waals surface area contributed by atoms with Gasteiger partial charge in [-0.15, -0.1) is 0 Å². The molecule has 0 saturated carbocycles. The first-order valence-corrected chi connectivity index (χ1v) is 7.30. The van der Waals surface area contributed by atoms with Gasteiger partial charge in [0.25, 0.3) is 0 Å². The molecule has 21 heavy (non-hydrogen) atoms. The largest absolute Gasteiger partial charge is 0.465 e. The molecule has 0 aliphatic heterocycles. The maximum absolute atomic E-state index is 11.6. The van der Waals surface area contributed by atoms with E-state index in [2.05, 4.69) is 25.8 Å². The molecule has 1 aromatic carbocycles. The van der Waals surface area contributed by atoms with E-state index in [1.807, 2.05) is 38.4 Å². The van der Waals surface area contributed by atoms with Crippen LogP contribution in [-0.2, 0) is 11.3 Å². The van der Waals surface area contributed by atoms with Crippen molar-refractivity contribution in [2.45, 2.75) is 13.5 Å². The van der Waals surface area contributed by atoms with E-state index in [1.54, 1.807) is 12.3 Å². The molecule has 0 unspecified atom stereocenters. The van der Waals surface area contributed by atoms with Crippen molar-refractivity contribution >= 4 is 27.6 Å². The van der Waals surface area contributed by atoms with Crippen LogP contribution in [0.2, 0.25) is 0 Å². The molecule has 0 amide bonds. The van der Waals surface area contributed by atoms with Crippen LogP contribution < -0.4 is 4.90 Å². The van der Waals surface area contributed by atoms with Crippen molar-refractivity contribution in [1.82, 2.24) is 4.98 Å². The molecule has 110 valence electrons. The normalized spacial score (nSPS) is 10.3. The third kappa shape index (κ3) is 3.82. The summed E-state index contributed by atoms with van der Waals surface area (Å²) >= 11 is 3.42. The lowest BCUT2D eigenvalue weighted by Gasteiger charge is -2.20. The summed E-state index contributed by atoms with van der Waals surface area (Å²) in [4.78, 5) is 17.9. The van der Waals surface area contributed by atoms with Crippen LogP contribution in [0.25, 0.3) is 0 Å². The molecule has 2 aromatic rings. The van der Waals surface area contributed by atoms with Crippen LogP contribution in [0.4, 0.5) is 5.69 Å². The van der Waals surface area contributed by atoms with Crippen LogP contribution in [0.3, 0.4) is 0 Å². The fourth-order valence-corrected chi connectivity index (χ4v) is 2.40. The molecule has 0 N–H and O–H groups in total. The van der Waals surface area contributed by atoms with Gasteiger partial charge in [-0.1, -0.05) is 6.07 Å². The zero-order valence-corrected chi connectivity index (χ0v) is 13.8. The second-order valence-electron chi connectivity index (χ2n) is 4.85. The van der Waals surface area contributed by atoms with Crippen LogP contribution in [0.1, 0.15) is 21.5 Å². The van der Waals surface area contributed by atoms with Gasteiger partial charge in [0.1, 0.15) is 0 Å². The minimum Gasteiger partial charge on any atom is -0.465 e. The van der Waals surface area contributed by atoms with Gasteiger partial charge >= 0.3 is 5.97 Å². The Labute approximate surface area is 132 Å². The summed E-state index contributed by atoms with van der Waals surface area (Å²) < 4.78 is 5.70. The van der Waals surface area contributed by atoms with E-state index in [1.165, 1.54) is 7.11 Å². The van der Waals surface area contributed by atoms with Crippen LogP contribution >= 0.6 is 15.9 Å². The molecule has 1 aromatic heterocycles. The smallest absolute Gasteiger partial charge is 0.337 e. The summed E-state index contributed by atoms with van der Waals surface area (Å²) in [5.41, 5.74) is 3.80. The number of ether oxygens (including phenoxy) is 1. The molecular weight excluding hydrogens is 332 g/mol. The van der Waals surface area contributed by atoms with Gasteiger partial charge in [0.2, 0.25) is 0 Å². The quantitative estimate of drug-likeness (QED) is 0.792. The average molecular weight is 349 g/mol. The lowest BCUT2D eigenvalue weighted by Crippen LogP contribution is -2.17. The third-order valence-corrected chi connectivity index (χ3v) is 3.74. The van der Waals surface area contributed by atoms with Gasteiger partial charge in [0.05, 0.1) is 24.6 Å². The van der Waals surface area contributed by atoms with E-state index < -0.39 is 0 Å². The Hall–Kier alpha value is -1.88. The Kier molecular flexibility index (Phi) is 4.96. The van der Waals surface area contributed by atoms with E-state index in [0.717, 1.165) is 21.3 Å². The minimum atomic E-state index is -0.317. The maximum atomic E-state index is 11.6. The highest BCUT2D eigenvalue weighted by atomic mass is 79.9. The van der Waals surface area contributed by atoms with Crippen molar-refractivity contribution in [2.24, 2.45) is 0 Å². The molecule has 0 aliphatic carbocycles. The number of carbonyl (C=O) groups excluding carboxylic acids is 1. The number of nitrogens with zero attached hydrogens (tertiary/aromatic N) is 2. The molecule has 0 spiro atoms. The number of hydrogen-bond donors (Lipinski definition) is 0. The first-order chi connectivity index (χ1) is 10.0. The summed E-state index contributed by atoms with van der Waals surface area (Å²) in [5.74, 6) is -0.317. The average Bonchev–Trinajstić information content (AvgIpc) is 2.48. The Balaban J connectivity index is 2.24.